The van der Waals surface area contributed by atoms with Gasteiger partial charge in [0.2, 0.25) is 0 Å². The fourth-order valence-corrected chi connectivity index (χ4v) is 2.98. The highest BCUT2D eigenvalue weighted by atomic mass is 19.3. The first-order valence-electron chi connectivity index (χ1n) is 8.33. The largest absolute Gasteiger partial charge is 0.453 e. The summed E-state index contributed by atoms with van der Waals surface area (Å²) < 4.78 is 62.2. The lowest BCUT2D eigenvalue weighted by atomic mass is 9.94. The van der Waals surface area contributed by atoms with E-state index in [1.165, 1.54) is 0 Å². The minimum absolute atomic E-state index is 0.000983. The van der Waals surface area contributed by atoms with Gasteiger partial charge in [0.25, 0.3) is 0 Å². The average Bonchev–Trinajstić information content (AvgIpc) is 2.61. The van der Waals surface area contributed by atoms with Crippen molar-refractivity contribution in [2.24, 2.45) is 5.92 Å². The molecule has 0 spiro atoms. The summed E-state index contributed by atoms with van der Waals surface area (Å²) in [5.41, 5.74) is 1.92. The van der Waals surface area contributed by atoms with Crippen LogP contribution in [0.3, 0.4) is 0 Å². The Bertz CT molecular complexity index is 767. The summed E-state index contributed by atoms with van der Waals surface area (Å²) in [7, 11) is 0. The van der Waals surface area contributed by atoms with Crippen LogP contribution in [0, 0.1) is 17.6 Å². The molecule has 2 nitrogen and oxygen atoms in total. The number of halogens is 4. The molecule has 0 bridgehead atoms. The molecule has 0 N–H and O–H groups in total. The van der Waals surface area contributed by atoms with Gasteiger partial charge in [0, 0.05) is 6.61 Å². The molecule has 2 unspecified atom stereocenters. The molecule has 0 radical (unpaired) electrons. The van der Waals surface area contributed by atoms with Crippen molar-refractivity contribution in [2.75, 3.05) is 6.61 Å². The van der Waals surface area contributed by atoms with E-state index < -0.39 is 23.5 Å². The van der Waals surface area contributed by atoms with Crippen molar-refractivity contribution >= 4 is 0 Å². The van der Waals surface area contributed by atoms with E-state index in [1.54, 1.807) is 12.1 Å². The van der Waals surface area contributed by atoms with Gasteiger partial charge in [-0.3, -0.25) is 0 Å². The molecule has 1 fully saturated rings. The molecule has 1 aliphatic heterocycles. The minimum Gasteiger partial charge on any atom is -0.453 e. The second kappa shape index (κ2) is 7.91. The van der Waals surface area contributed by atoms with Crippen LogP contribution in [0.1, 0.15) is 31.4 Å². The van der Waals surface area contributed by atoms with Gasteiger partial charge in [-0.05, 0) is 47.6 Å². The number of ether oxygens (including phenoxy) is 2. The lowest BCUT2D eigenvalue weighted by Crippen LogP contribution is -2.18. The summed E-state index contributed by atoms with van der Waals surface area (Å²) >= 11 is 0. The molecular formula is C20H18F4O2. The molecule has 1 saturated heterocycles. The van der Waals surface area contributed by atoms with Crippen LogP contribution < -0.4 is 4.74 Å². The number of hydrogen-bond donors (Lipinski definition) is 0. The maximum Gasteiger partial charge on any atom is 0.305 e. The van der Waals surface area contributed by atoms with Crippen LogP contribution in [0.5, 0.6) is 5.75 Å². The zero-order valence-electron chi connectivity index (χ0n) is 14.1. The van der Waals surface area contributed by atoms with Crippen molar-refractivity contribution in [3.63, 3.8) is 0 Å². The predicted molar refractivity (Wildman–Crippen MR) is 89.8 cm³/mol. The lowest BCUT2D eigenvalue weighted by Gasteiger charge is -2.27. The summed E-state index contributed by atoms with van der Waals surface area (Å²) in [6.07, 6.45) is -0.108. The smallest absolute Gasteiger partial charge is 0.305 e. The Balaban J connectivity index is 1.80. The van der Waals surface area contributed by atoms with E-state index in [2.05, 4.69) is 11.7 Å². The van der Waals surface area contributed by atoms with Crippen LogP contribution >= 0.6 is 0 Å². The van der Waals surface area contributed by atoms with Crippen LogP contribution in [0.4, 0.5) is 17.6 Å². The third-order valence-corrected chi connectivity index (χ3v) is 4.38. The van der Waals surface area contributed by atoms with Gasteiger partial charge in [0.15, 0.2) is 23.6 Å². The van der Waals surface area contributed by atoms with Gasteiger partial charge < -0.3 is 9.47 Å². The Labute approximate surface area is 149 Å². The second-order valence-corrected chi connectivity index (χ2v) is 6.42. The van der Waals surface area contributed by atoms with Crippen LogP contribution in [0.2, 0.25) is 0 Å². The highest BCUT2D eigenvalue weighted by molar-refractivity contribution is 5.65. The van der Waals surface area contributed by atoms with E-state index in [-0.39, 0.29) is 12.4 Å². The highest BCUT2D eigenvalue weighted by Gasteiger charge is 2.20. The molecule has 0 aliphatic carbocycles. The van der Waals surface area contributed by atoms with Gasteiger partial charge >= 0.3 is 6.08 Å². The zero-order valence-corrected chi connectivity index (χ0v) is 14.1. The summed E-state index contributed by atoms with van der Waals surface area (Å²) in [4.78, 5) is 0. The highest BCUT2D eigenvalue weighted by Crippen LogP contribution is 2.33. The monoisotopic (exact) mass is 366 g/mol. The summed E-state index contributed by atoms with van der Waals surface area (Å²) in [6, 6.07) is 9.36. The first-order valence-corrected chi connectivity index (χ1v) is 8.33. The van der Waals surface area contributed by atoms with E-state index in [4.69, 9.17) is 4.74 Å². The molecule has 2 aromatic rings. The molecule has 0 aromatic heterocycles. The Morgan fingerprint density at radius 2 is 1.69 bits per heavy atom. The van der Waals surface area contributed by atoms with E-state index in [1.807, 2.05) is 12.1 Å². The number of hydrogen-bond acceptors (Lipinski definition) is 2. The van der Waals surface area contributed by atoms with Crippen LogP contribution in [-0.2, 0) is 4.74 Å². The maximum atomic E-state index is 14.0. The van der Waals surface area contributed by atoms with Crippen molar-refractivity contribution in [1.29, 1.82) is 0 Å². The molecule has 6 heteroatoms. The summed E-state index contributed by atoms with van der Waals surface area (Å²) in [5, 5.41) is 0. The Kier molecular flexibility index (Phi) is 5.61. The van der Waals surface area contributed by atoms with Gasteiger partial charge in [-0.1, -0.05) is 31.2 Å². The summed E-state index contributed by atoms with van der Waals surface area (Å²) in [6.45, 7) is 2.87. The average molecular weight is 366 g/mol. The molecule has 138 valence electrons. The van der Waals surface area contributed by atoms with Crippen molar-refractivity contribution < 1.29 is 27.0 Å². The molecule has 0 amide bonds. The Morgan fingerprint density at radius 1 is 1.04 bits per heavy atom. The molecule has 2 aromatic carbocycles. The van der Waals surface area contributed by atoms with Crippen LogP contribution in [-0.4, -0.2) is 6.61 Å². The zero-order chi connectivity index (χ0) is 18.7. The quantitative estimate of drug-likeness (QED) is 0.471. The first kappa shape index (κ1) is 18.5. The van der Waals surface area contributed by atoms with E-state index >= 15 is 0 Å². The molecule has 1 aliphatic rings. The second-order valence-electron chi connectivity index (χ2n) is 6.42. The molecule has 0 saturated carbocycles. The standard InChI is InChI=1S/C20H18F4O2/c1-12-2-7-18(25-10-12)14-5-3-13(4-6-14)15-8-16(21)20(17(22)9-15)26-11-19(23)24/h3-6,8-9,11-12,18H,2,7,10H2,1H3. The Hall–Kier alpha value is -2.34. The summed E-state index contributed by atoms with van der Waals surface area (Å²) in [5.74, 6) is -2.40. The molecular weight excluding hydrogens is 348 g/mol. The minimum atomic E-state index is -2.18. The van der Waals surface area contributed by atoms with E-state index in [0.717, 1.165) is 37.1 Å². The molecule has 26 heavy (non-hydrogen) atoms. The van der Waals surface area contributed by atoms with Gasteiger partial charge in [-0.2, -0.15) is 8.78 Å². The lowest BCUT2D eigenvalue weighted by molar-refractivity contribution is -0.0123. The number of benzene rings is 2. The number of rotatable bonds is 4. The fraction of sp³-hybridized carbons (Fsp3) is 0.300. The normalized spacial score (nSPS) is 19.9. The maximum absolute atomic E-state index is 14.0. The van der Waals surface area contributed by atoms with Crippen LogP contribution in [0.25, 0.3) is 11.1 Å². The topological polar surface area (TPSA) is 18.5 Å². The molecule has 3 rings (SSSR count). The van der Waals surface area contributed by atoms with Gasteiger partial charge in [-0.25, -0.2) is 8.78 Å². The van der Waals surface area contributed by atoms with Gasteiger partial charge in [0.1, 0.15) is 0 Å². The van der Waals surface area contributed by atoms with Crippen molar-refractivity contribution in [1.82, 2.24) is 0 Å². The van der Waals surface area contributed by atoms with Crippen LogP contribution in [0.15, 0.2) is 48.7 Å². The van der Waals surface area contributed by atoms with E-state index in [9.17, 15) is 17.6 Å². The molecule has 2 atom stereocenters. The predicted octanol–water partition coefficient (Wildman–Crippen LogP) is 6.24. The van der Waals surface area contributed by atoms with Crippen molar-refractivity contribution in [2.45, 2.75) is 25.9 Å². The first-order chi connectivity index (χ1) is 12.4. The SMILES string of the molecule is CC1CCC(c2ccc(-c3cc(F)c(OC=C(F)F)c(F)c3)cc2)OC1. The third-order valence-electron chi connectivity index (χ3n) is 4.38. The molecule has 1 heterocycles. The van der Waals surface area contributed by atoms with Gasteiger partial charge in [0.05, 0.1) is 6.10 Å². The fourth-order valence-electron chi connectivity index (χ4n) is 2.98. The third kappa shape index (κ3) is 4.25. The van der Waals surface area contributed by atoms with Crippen molar-refractivity contribution in [3.8, 4) is 16.9 Å². The van der Waals surface area contributed by atoms with Crippen molar-refractivity contribution in [3.05, 3.63) is 65.9 Å². The van der Waals surface area contributed by atoms with Gasteiger partial charge in [-0.15, -0.1) is 0 Å². The Morgan fingerprint density at radius 3 is 2.23 bits per heavy atom. The van der Waals surface area contributed by atoms with E-state index in [0.29, 0.717) is 17.0 Å².